The molecule has 1 aromatic carbocycles. The summed E-state index contributed by atoms with van der Waals surface area (Å²) in [5, 5.41) is 8.32. The summed E-state index contributed by atoms with van der Waals surface area (Å²) in [6, 6.07) is 8.81. The Morgan fingerprint density at radius 2 is 1.92 bits per heavy atom. The smallest absolute Gasteiger partial charge is 0.424 e. The standard InChI is InChI=1S/C7H9O5P/c1-9-12-13(11-8)10-7-5-3-2-4-6-7/h2-6,8H,1H3. The Bertz CT molecular complexity index is 230. The molecule has 0 aliphatic carbocycles. The van der Waals surface area contributed by atoms with Crippen LogP contribution in [0.5, 0.6) is 5.75 Å². The molecule has 0 bridgehead atoms. The lowest BCUT2D eigenvalue weighted by Gasteiger charge is -2.10. The molecule has 0 aromatic heterocycles. The van der Waals surface area contributed by atoms with Crippen LogP contribution in [0.25, 0.3) is 0 Å². The molecular weight excluding hydrogens is 195 g/mol. The van der Waals surface area contributed by atoms with Crippen LogP contribution in [-0.4, -0.2) is 12.4 Å². The molecule has 0 saturated heterocycles. The summed E-state index contributed by atoms with van der Waals surface area (Å²) < 4.78 is 13.4. The lowest BCUT2D eigenvalue weighted by atomic mass is 10.3. The molecule has 72 valence electrons. The van der Waals surface area contributed by atoms with E-state index in [1.807, 2.05) is 6.07 Å². The third-order valence-electron chi connectivity index (χ3n) is 1.13. The van der Waals surface area contributed by atoms with E-state index in [-0.39, 0.29) is 0 Å². The van der Waals surface area contributed by atoms with Crippen molar-refractivity contribution in [3.63, 3.8) is 0 Å². The van der Waals surface area contributed by atoms with Crippen LogP contribution in [0.4, 0.5) is 0 Å². The van der Waals surface area contributed by atoms with Crippen LogP contribution >= 0.6 is 8.60 Å². The summed E-state index contributed by atoms with van der Waals surface area (Å²) in [5.74, 6) is 0.528. The molecule has 0 amide bonds. The first-order chi connectivity index (χ1) is 6.36. The minimum absolute atomic E-state index is 0.528. The van der Waals surface area contributed by atoms with Gasteiger partial charge in [-0.15, -0.1) is 9.35 Å². The van der Waals surface area contributed by atoms with E-state index in [0.29, 0.717) is 5.75 Å². The van der Waals surface area contributed by atoms with E-state index in [2.05, 4.69) is 14.2 Å². The molecule has 0 aliphatic heterocycles. The van der Waals surface area contributed by atoms with E-state index in [9.17, 15) is 0 Å². The Hall–Kier alpha value is -0.710. The van der Waals surface area contributed by atoms with E-state index in [1.165, 1.54) is 7.11 Å². The zero-order valence-electron chi connectivity index (χ0n) is 6.91. The van der Waals surface area contributed by atoms with Gasteiger partial charge in [-0.3, -0.25) is 0 Å². The van der Waals surface area contributed by atoms with Crippen molar-refractivity contribution in [3.8, 4) is 5.75 Å². The van der Waals surface area contributed by atoms with Crippen molar-refractivity contribution in [2.24, 2.45) is 0 Å². The van der Waals surface area contributed by atoms with Gasteiger partial charge in [-0.1, -0.05) is 18.2 Å². The van der Waals surface area contributed by atoms with Gasteiger partial charge in [-0.25, -0.2) is 10.1 Å². The van der Waals surface area contributed by atoms with Crippen molar-refractivity contribution in [3.05, 3.63) is 30.3 Å². The van der Waals surface area contributed by atoms with Crippen molar-refractivity contribution in [2.75, 3.05) is 7.11 Å². The Kier molecular flexibility index (Phi) is 4.67. The van der Waals surface area contributed by atoms with Gasteiger partial charge in [0.15, 0.2) is 0 Å². The molecule has 6 heteroatoms. The summed E-state index contributed by atoms with van der Waals surface area (Å²) in [7, 11) is -0.607. The van der Waals surface area contributed by atoms with Gasteiger partial charge in [0.25, 0.3) is 0 Å². The quantitative estimate of drug-likeness (QED) is 0.453. The Labute approximate surface area is 76.7 Å². The zero-order valence-corrected chi connectivity index (χ0v) is 7.81. The highest BCUT2D eigenvalue weighted by Gasteiger charge is 2.14. The molecule has 0 saturated carbocycles. The molecule has 1 N–H and O–H groups in total. The van der Waals surface area contributed by atoms with Crippen LogP contribution in [0.3, 0.4) is 0 Å². The molecule has 5 nitrogen and oxygen atoms in total. The molecule has 0 radical (unpaired) electrons. The average molecular weight is 204 g/mol. The first-order valence-electron chi connectivity index (χ1n) is 3.42. The maximum Gasteiger partial charge on any atom is 0.456 e. The highest BCUT2D eigenvalue weighted by molar-refractivity contribution is 7.41. The predicted octanol–water partition coefficient (Wildman–Crippen LogP) is 2.36. The van der Waals surface area contributed by atoms with Crippen LogP contribution in [0, 0.1) is 0 Å². The second-order valence-corrected chi connectivity index (χ2v) is 2.89. The fourth-order valence-electron chi connectivity index (χ4n) is 0.674. The molecule has 0 heterocycles. The molecular formula is C7H9O5P. The third kappa shape index (κ3) is 3.67. The minimum Gasteiger partial charge on any atom is -0.424 e. The molecule has 0 fully saturated rings. The van der Waals surface area contributed by atoms with Gasteiger partial charge in [-0.2, -0.15) is 0 Å². The SMILES string of the molecule is COOP(OO)Oc1ccccc1. The number of rotatable bonds is 5. The minimum atomic E-state index is -1.90. The normalized spacial score (nSPS) is 12.5. The lowest BCUT2D eigenvalue weighted by Crippen LogP contribution is -1.94. The average Bonchev–Trinajstić information content (AvgIpc) is 2.19. The molecule has 1 unspecified atom stereocenters. The molecule has 13 heavy (non-hydrogen) atoms. The monoisotopic (exact) mass is 204 g/mol. The number of para-hydroxylation sites is 1. The highest BCUT2D eigenvalue weighted by atomic mass is 31.2. The van der Waals surface area contributed by atoms with E-state index in [4.69, 9.17) is 9.78 Å². The topological polar surface area (TPSA) is 57.2 Å². The Morgan fingerprint density at radius 1 is 1.23 bits per heavy atom. The van der Waals surface area contributed by atoms with Gasteiger partial charge in [0.2, 0.25) is 0 Å². The Balaban J connectivity index is 2.46. The number of benzene rings is 1. The van der Waals surface area contributed by atoms with Crippen LogP contribution in [0.1, 0.15) is 0 Å². The van der Waals surface area contributed by atoms with Crippen molar-refractivity contribution in [1.29, 1.82) is 0 Å². The molecule has 1 aromatic rings. The van der Waals surface area contributed by atoms with Crippen molar-refractivity contribution < 1.29 is 24.0 Å². The molecule has 1 rings (SSSR count). The summed E-state index contributed by atoms with van der Waals surface area (Å²) in [5.41, 5.74) is 0. The summed E-state index contributed by atoms with van der Waals surface area (Å²) in [4.78, 5) is 4.29. The van der Waals surface area contributed by atoms with Crippen molar-refractivity contribution >= 4 is 8.60 Å². The van der Waals surface area contributed by atoms with E-state index in [0.717, 1.165) is 0 Å². The molecule has 1 atom stereocenters. The van der Waals surface area contributed by atoms with Crippen molar-refractivity contribution in [1.82, 2.24) is 0 Å². The first kappa shape index (κ1) is 10.4. The summed E-state index contributed by atoms with van der Waals surface area (Å²) >= 11 is 0. The lowest BCUT2D eigenvalue weighted by molar-refractivity contribution is -0.226. The van der Waals surface area contributed by atoms with E-state index >= 15 is 0 Å². The first-order valence-corrected chi connectivity index (χ1v) is 4.52. The van der Waals surface area contributed by atoms with E-state index in [1.54, 1.807) is 24.3 Å². The van der Waals surface area contributed by atoms with Gasteiger partial charge < -0.3 is 4.52 Å². The fraction of sp³-hybridized carbons (Fsp3) is 0.143. The largest absolute Gasteiger partial charge is 0.456 e. The van der Waals surface area contributed by atoms with Crippen LogP contribution in [-0.2, 0) is 14.2 Å². The van der Waals surface area contributed by atoms with Gasteiger partial charge in [0.05, 0.1) is 7.11 Å². The predicted molar refractivity (Wildman–Crippen MR) is 45.8 cm³/mol. The van der Waals surface area contributed by atoms with Crippen LogP contribution in [0.15, 0.2) is 30.3 Å². The van der Waals surface area contributed by atoms with E-state index < -0.39 is 8.60 Å². The molecule has 0 aliphatic rings. The van der Waals surface area contributed by atoms with Crippen LogP contribution < -0.4 is 4.52 Å². The van der Waals surface area contributed by atoms with Crippen LogP contribution in [0.2, 0.25) is 0 Å². The third-order valence-corrected chi connectivity index (χ3v) is 1.89. The fourth-order valence-corrected chi connectivity index (χ4v) is 1.18. The second-order valence-electron chi connectivity index (χ2n) is 1.95. The Morgan fingerprint density at radius 3 is 2.46 bits per heavy atom. The van der Waals surface area contributed by atoms with Gasteiger partial charge in [0.1, 0.15) is 5.75 Å². The maximum absolute atomic E-state index is 8.32. The van der Waals surface area contributed by atoms with Crippen molar-refractivity contribution in [2.45, 2.75) is 0 Å². The maximum atomic E-state index is 8.32. The molecule has 0 spiro atoms. The number of hydrogen-bond acceptors (Lipinski definition) is 5. The number of hydrogen-bond donors (Lipinski definition) is 1. The zero-order chi connectivity index (χ0) is 9.52. The van der Waals surface area contributed by atoms with Gasteiger partial charge in [-0.05, 0) is 12.1 Å². The highest BCUT2D eigenvalue weighted by Crippen LogP contribution is 2.39. The van der Waals surface area contributed by atoms with Gasteiger partial charge in [0, 0.05) is 0 Å². The van der Waals surface area contributed by atoms with Gasteiger partial charge >= 0.3 is 8.60 Å². The second kappa shape index (κ2) is 5.85. The summed E-state index contributed by atoms with van der Waals surface area (Å²) in [6.07, 6.45) is 0. The summed E-state index contributed by atoms with van der Waals surface area (Å²) in [6.45, 7) is 0.